The van der Waals surface area contributed by atoms with Crippen molar-refractivity contribution in [2.24, 2.45) is 0 Å². The summed E-state index contributed by atoms with van der Waals surface area (Å²) in [7, 11) is 0. The van der Waals surface area contributed by atoms with Gasteiger partial charge in [-0.1, -0.05) is 13.2 Å². The molecule has 0 N–H and O–H groups in total. The van der Waals surface area contributed by atoms with Gasteiger partial charge in [0.1, 0.15) is 5.75 Å². The molecule has 30 heavy (non-hydrogen) atoms. The normalized spacial score (nSPS) is 10.9. The Kier molecular flexibility index (Phi) is 7.69. The zero-order valence-electron chi connectivity index (χ0n) is 15.6. The van der Waals surface area contributed by atoms with Crippen LogP contribution in [0.4, 0.5) is 13.2 Å². The Labute approximate surface area is 179 Å². The van der Waals surface area contributed by atoms with Crippen LogP contribution in [0.3, 0.4) is 0 Å². The molecule has 0 aromatic heterocycles. The summed E-state index contributed by atoms with van der Waals surface area (Å²) in [4.78, 5) is 35.6. The van der Waals surface area contributed by atoms with Gasteiger partial charge in [-0.3, -0.25) is 9.59 Å². The summed E-state index contributed by atoms with van der Waals surface area (Å²) in [5, 5.41) is -0.869. The standard InChI is InChI=1S/C21H15F3O4S2/c1-4-18(25)29-15-8-5-13(6-9-15)19(26)28-14-7-10-17(30-20(27)12(2)3)16(11-14)21(22,23)24/h4-11H,1-2H2,3H3. The van der Waals surface area contributed by atoms with Crippen LogP contribution in [0.1, 0.15) is 22.8 Å². The highest BCUT2D eigenvalue weighted by molar-refractivity contribution is 8.14. The van der Waals surface area contributed by atoms with Crippen LogP contribution in [0.15, 0.2) is 77.1 Å². The third-order valence-electron chi connectivity index (χ3n) is 3.49. The summed E-state index contributed by atoms with van der Waals surface area (Å²) in [5.74, 6) is -1.19. The van der Waals surface area contributed by atoms with Crippen molar-refractivity contribution >= 4 is 39.7 Å². The van der Waals surface area contributed by atoms with E-state index in [0.717, 1.165) is 23.9 Å². The number of hydrogen-bond donors (Lipinski definition) is 0. The third kappa shape index (κ3) is 6.36. The van der Waals surface area contributed by atoms with Gasteiger partial charge in [0.25, 0.3) is 0 Å². The van der Waals surface area contributed by atoms with E-state index in [1.54, 1.807) is 0 Å². The summed E-state index contributed by atoms with van der Waals surface area (Å²) >= 11 is 1.31. The molecule has 0 spiro atoms. The van der Waals surface area contributed by atoms with E-state index >= 15 is 0 Å². The van der Waals surface area contributed by atoms with Crippen molar-refractivity contribution in [1.29, 1.82) is 0 Å². The largest absolute Gasteiger partial charge is 0.423 e. The Balaban J connectivity index is 2.22. The highest BCUT2D eigenvalue weighted by atomic mass is 32.2. The molecule has 0 bridgehead atoms. The number of rotatable bonds is 6. The minimum atomic E-state index is -4.75. The fraction of sp³-hybridized carbons (Fsp3) is 0.0952. The van der Waals surface area contributed by atoms with Gasteiger partial charge in [-0.2, -0.15) is 13.2 Å². The van der Waals surface area contributed by atoms with Crippen molar-refractivity contribution in [3.05, 3.63) is 78.4 Å². The predicted molar refractivity (Wildman–Crippen MR) is 110 cm³/mol. The third-order valence-corrected chi connectivity index (χ3v) is 5.48. The SMILES string of the molecule is C=CC(=O)Sc1ccc(C(=O)Oc2ccc(SC(=O)C(=C)C)c(C(F)(F)F)c2)cc1. The van der Waals surface area contributed by atoms with Gasteiger partial charge >= 0.3 is 12.1 Å². The average molecular weight is 452 g/mol. The van der Waals surface area contributed by atoms with E-state index in [1.165, 1.54) is 37.3 Å². The lowest BCUT2D eigenvalue weighted by Crippen LogP contribution is -2.11. The number of alkyl halides is 3. The first kappa shape index (κ1) is 23.5. The molecule has 4 nitrogen and oxygen atoms in total. The van der Waals surface area contributed by atoms with E-state index < -0.39 is 22.8 Å². The number of esters is 1. The first-order chi connectivity index (χ1) is 14.0. The molecule has 0 aliphatic rings. The monoisotopic (exact) mass is 452 g/mol. The number of thioether (sulfide) groups is 2. The lowest BCUT2D eigenvalue weighted by molar-refractivity contribution is -0.139. The second-order valence-corrected chi connectivity index (χ2v) is 7.96. The molecule has 0 atom stereocenters. The molecule has 9 heteroatoms. The van der Waals surface area contributed by atoms with Crippen LogP contribution in [0.25, 0.3) is 0 Å². The number of carbonyl (C=O) groups excluding carboxylic acids is 3. The average Bonchev–Trinajstić information content (AvgIpc) is 2.68. The van der Waals surface area contributed by atoms with E-state index in [0.29, 0.717) is 22.7 Å². The molecule has 0 radical (unpaired) electrons. The zero-order chi connectivity index (χ0) is 22.5. The zero-order valence-corrected chi connectivity index (χ0v) is 17.2. The van der Waals surface area contributed by atoms with Crippen molar-refractivity contribution in [2.75, 3.05) is 0 Å². The van der Waals surface area contributed by atoms with E-state index in [1.807, 2.05) is 0 Å². The van der Waals surface area contributed by atoms with Crippen LogP contribution >= 0.6 is 23.5 Å². The number of ether oxygens (including phenoxy) is 1. The maximum atomic E-state index is 13.4. The Hall–Kier alpha value is -2.78. The Morgan fingerprint density at radius 1 is 1.03 bits per heavy atom. The van der Waals surface area contributed by atoms with Crippen LogP contribution in [0, 0.1) is 0 Å². The summed E-state index contributed by atoms with van der Waals surface area (Å²) in [5.41, 5.74) is -0.892. The van der Waals surface area contributed by atoms with Crippen molar-refractivity contribution in [3.63, 3.8) is 0 Å². The van der Waals surface area contributed by atoms with Gasteiger partial charge in [-0.15, -0.1) is 0 Å². The molecule has 2 rings (SSSR count). The minimum Gasteiger partial charge on any atom is -0.423 e. The molecule has 2 aromatic carbocycles. The molecule has 0 unspecified atom stereocenters. The first-order valence-corrected chi connectivity index (χ1v) is 9.90. The lowest BCUT2D eigenvalue weighted by atomic mass is 10.2. The van der Waals surface area contributed by atoms with E-state index in [4.69, 9.17) is 4.74 Å². The van der Waals surface area contributed by atoms with E-state index in [9.17, 15) is 27.6 Å². The fourth-order valence-electron chi connectivity index (χ4n) is 2.05. The summed E-state index contributed by atoms with van der Waals surface area (Å²) in [6, 6.07) is 8.70. The molecule has 0 fully saturated rings. The van der Waals surface area contributed by atoms with Crippen molar-refractivity contribution in [1.82, 2.24) is 0 Å². The number of hydrogen-bond acceptors (Lipinski definition) is 6. The molecule has 0 heterocycles. The molecule has 0 saturated carbocycles. The fourth-order valence-corrected chi connectivity index (χ4v) is 3.44. The second-order valence-electron chi connectivity index (χ2n) is 5.86. The highest BCUT2D eigenvalue weighted by Gasteiger charge is 2.35. The molecular formula is C21H15F3O4S2. The van der Waals surface area contributed by atoms with Gasteiger partial charge < -0.3 is 4.74 Å². The minimum absolute atomic E-state index is 0.0925. The molecule has 2 aromatic rings. The molecule has 0 aliphatic heterocycles. The molecule has 0 amide bonds. The lowest BCUT2D eigenvalue weighted by Gasteiger charge is -2.14. The van der Waals surface area contributed by atoms with E-state index in [2.05, 4.69) is 13.2 Å². The Morgan fingerprint density at radius 3 is 2.20 bits per heavy atom. The smallest absolute Gasteiger partial charge is 0.417 e. The summed E-state index contributed by atoms with van der Waals surface area (Å²) < 4.78 is 45.2. The van der Waals surface area contributed by atoms with E-state index in [-0.39, 0.29) is 26.9 Å². The van der Waals surface area contributed by atoms with Gasteiger partial charge in [-0.05, 0) is 84.6 Å². The first-order valence-electron chi connectivity index (χ1n) is 8.26. The van der Waals surface area contributed by atoms with Crippen LogP contribution in [0.5, 0.6) is 5.75 Å². The van der Waals surface area contributed by atoms with Gasteiger partial charge in [0.05, 0.1) is 11.1 Å². The van der Waals surface area contributed by atoms with Crippen LogP contribution in [-0.2, 0) is 15.8 Å². The van der Waals surface area contributed by atoms with Crippen molar-refractivity contribution in [2.45, 2.75) is 22.9 Å². The molecular weight excluding hydrogens is 437 g/mol. The van der Waals surface area contributed by atoms with Crippen molar-refractivity contribution in [3.8, 4) is 5.75 Å². The maximum absolute atomic E-state index is 13.4. The topological polar surface area (TPSA) is 60.4 Å². The quantitative estimate of drug-likeness (QED) is 0.235. The van der Waals surface area contributed by atoms with Gasteiger partial charge in [0, 0.05) is 9.79 Å². The van der Waals surface area contributed by atoms with Crippen LogP contribution in [-0.4, -0.2) is 16.2 Å². The molecule has 0 aliphatic carbocycles. The predicted octanol–water partition coefficient (Wildman–Crippen LogP) is 5.92. The summed E-state index contributed by atoms with van der Waals surface area (Å²) in [6.07, 6.45) is -3.60. The van der Waals surface area contributed by atoms with Gasteiger partial charge in [-0.25, -0.2) is 4.79 Å². The van der Waals surface area contributed by atoms with Gasteiger partial charge in [0.2, 0.25) is 10.2 Å². The van der Waals surface area contributed by atoms with Crippen LogP contribution < -0.4 is 4.74 Å². The Bertz CT molecular complexity index is 1010. The molecule has 156 valence electrons. The Morgan fingerprint density at radius 2 is 1.67 bits per heavy atom. The summed E-state index contributed by atoms with van der Waals surface area (Å²) in [6.45, 7) is 8.17. The van der Waals surface area contributed by atoms with Gasteiger partial charge in [0.15, 0.2) is 0 Å². The maximum Gasteiger partial charge on any atom is 0.417 e. The highest BCUT2D eigenvalue weighted by Crippen LogP contribution is 2.39. The van der Waals surface area contributed by atoms with Crippen molar-refractivity contribution < 1.29 is 32.3 Å². The number of halogens is 3. The molecule has 0 saturated heterocycles. The number of carbonyl (C=O) groups is 3. The second kappa shape index (κ2) is 9.82. The number of benzene rings is 2. The van der Waals surface area contributed by atoms with Crippen LogP contribution in [0.2, 0.25) is 0 Å².